The lowest BCUT2D eigenvalue weighted by molar-refractivity contribution is 0.0929. The maximum absolute atomic E-state index is 12.1. The summed E-state index contributed by atoms with van der Waals surface area (Å²) in [5, 5.41) is 22.0. The third kappa shape index (κ3) is 3.40. The monoisotopic (exact) mass is 263 g/mol. The van der Waals surface area contributed by atoms with Gasteiger partial charge in [0.15, 0.2) is 11.5 Å². The van der Waals surface area contributed by atoms with Crippen LogP contribution in [0.25, 0.3) is 0 Å². The van der Waals surface area contributed by atoms with Gasteiger partial charge in [0, 0.05) is 6.04 Å². The molecule has 4 nitrogen and oxygen atoms in total. The number of hydrogen-bond acceptors (Lipinski definition) is 3. The Hall–Kier alpha value is -1.71. The standard InChI is InChI=1S/C15H21NO3/c1-10-4-2-5-11(9-8-10)16-15(19)12-6-3-7-13(17)14(12)18/h3,6-7,10-11,17-18H,2,4-5,8-9H2,1H3,(H,16,19). The van der Waals surface area contributed by atoms with E-state index in [2.05, 4.69) is 12.2 Å². The molecule has 19 heavy (non-hydrogen) atoms. The second kappa shape index (κ2) is 5.95. The first-order valence-electron chi connectivity index (χ1n) is 6.89. The third-order valence-electron chi connectivity index (χ3n) is 3.85. The number of carbonyl (C=O) groups excluding carboxylic acids is 1. The zero-order valence-corrected chi connectivity index (χ0v) is 11.2. The quantitative estimate of drug-likeness (QED) is 0.567. The maximum Gasteiger partial charge on any atom is 0.255 e. The van der Waals surface area contributed by atoms with Gasteiger partial charge in [-0.05, 0) is 37.3 Å². The maximum atomic E-state index is 12.1. The molecule has 1 aromatic rings. The van der Waals surface area contributed by atoms with Crippen LogP contribution in [0, 0.1) is 5.92 Å². The molecular weight excluding hydrogens is 242 g/mol. The van der Waals surface area contributed by atoms with E-state index in [9.17, 15) is 15.0 Å². The van der Waals surface area contributed by atoms with Gasteiger partial charge in [-0.3, -0.25) is 4.79 Å². The van der Waals surface area contributed by atoms with Crippen LogP contribution in [-0.4, -0.2) is 22.2 Å². The topological polar surface area (TPSA) is 69.6 Å². The normalized spacial score (nSPS) is 23.6. The summed E-state index contributed by atoms with van der Waals surface area (Å²) in [5.74, 6) is -0.201. The van der Waals surface area contributed by atoms with Crippen LogP contribution in [0.1, 0.15) is 49.4 Å². The number of aromatic hydroxyl groups is 2. The summed E-state index contributed by atoms with van der Waals surface area (Å²) in [6, 6.07) is 4.60. The van der Waals surface area contributed by atoms with Crippen molar-refractivity contribution >= 4 is 5.91 Å². The fourth-order valence-corrected chi connectivity index (χ4v) is 2.61. The smallest absolute Gasteiger partial charge is 0.255 e. The van der Waals surface area contributed by atoms with Gasteiger partial charge in [-0.2, -0.15) is 0 Å². The number of amides is 1. The molecule has 1 saturated carbocycles. The molecule has 0 aliphatic heterocycles. The Morgan fingerprint density at radius 2 is 2.00 bits per heavy atom. The molecule has 104 valence electrons. The first-order chi connectivity index (χ1) is 9.08. The molecule has 1 aromatic carbocycles. The second-order valence-corrected chi connectivity index (χ2v) is 5.46. The zero-order valence-electron chi connectivity index (χ0n) is 11.2. The van der Waals surface area contributed by atoms with E-state index in [-0.39, 0.29) is 29.0 Å². The van der Waals surface area contributed by atoms with Gasteiger partial charge in [-0.1, -0.05) is 25.8 Å². The summed E-state index contributed by atoms with van der Waals surface area (Å²) < 4.78 is 0. The van der Waals surface area contributed by atoms with E-state index in [4.69, 9.17) is 0 Å². The summed E-state index contributed by atoms with van der Waals surface area (Å²) in [6.45, 7) is 2.24. The fourth-order valence-electron chi connectivity index (χ4n) is 2.61. The Labute approximate surface area is 113 Å². The van der Waals surface area contributed by atoms with Gasteiger partial charge < -0.3 is 15.5 Å². The second-order valence-electron chi connectivity index (χ2n) is 5.46. The predicted octanol–water partition coefficient (Wildman–Crippen LogP) is 2.80. The summed E-state index contributed by atoms with van der Waals surface area (Å²) in [4.78, 5) is 12.1. The lowest BCUT2D eigenvalue weighted by Crippen LogP contribution is -2.34. The van der Waals surface area contributed by atoms with E-state index < -0.39 is 0 Å². The molecular formula is C15H21NO3. The average molecular weight is 263 g/mol. The van der Waals surface area contributed by atoms with E-state index in [1.165, 1.54) is 18.6 Å². The molecule has 0 saturated heterocycles. The number of phenolic OH excluding ortho intramolecular Hbond substituents is 2. The van der Waals surface area contributed by atoms with Gasteiger partial charge >= 0.3 is 0 Å². The molecule has 2 rings (SSSR count). The van der Waals surface area contributed by atoms with Crippen LogP contribution in [0.15, 0.2) is 18.2 Å². The molecule has 1 aliphatic carbocycles. The molecule has 2 unspecified atom stereocenters. The van der Waals surface area contributed by atoms with Crippen LogP contribution >= 0.6 is 0 Å². The van der Waals surface area contributed by atoms with E-state index in [1.807, 2.05) is 0 Å². The van der Waals surface area contributed by atoms with E-state index in [0.717, 1.165) is 31.6 Å². The molecule has 4 heteroatoms. The molecule has 0 radical (unpaired) electrons. The third-order valence-corrected chi connectivity index (χ3v) is 3.85. The van der Waals surface area contributed by atoms with Crippen LogP contribution in [0.4, 0.5) is 0 Å². The van der Waals surface area contributed by atoms with E-state index >= 15 is 0 Å². The Morgan fingerprint density at radius 1 is 1.21 bits per heavy atom. The Morgan fingerprint density at radius 3 is 2.79 bits per heavy atom. The summed E-state index contributed by atoms with van der Waals surface area (Å²) in [5.41, 5.74) is 0.136. The molecule has 1 aliphatic rings. The molecule has 0 spiro atoms. The number of hydrogen-bond donors (Lipinski definition) is 3. The Bertz CT molecular complexity index is 459. The lowest BCUT2D eigenvalue weighted by atomic mass is 10.0. The number of rotatable bonds is 2. The number of carbonyl (C=O) groups is 1. The minimum Gasteiger partial charge on any atom is -0.504 e. The van der Waals surface area contributed by atoms with Crippen molar-refractivity contribution in [3.05, 3.63) is 23.8 Å². The number of para-hydroxylation sites is 1. The molecule has 2 atom stereocenters. The van der Waals surface area contributed by atoms with Crippen molar-refractivity contribution in [2.75, 3.05) is 0 Å². The number of phenols is 2. The first kappa shape index (κ1) is 13.7. The molecule has 3 N–H and O–H groups in total. The van der Waals surface area contributed by atoms with Crippen molar-refractivity contribution in [2.24, 2.45) is 5.92 Å². The van der Waals surface area contributed by atoms with Crippen LogP contribution in [-0.2, 0) is 0 Å². The highest BCUT2D eigenvalue weighted by molar-refractivity contribution is 5.97. The van der Waals surface area contributed by atoms with E-state index in [1.54, 1.807) is 6.07 Å². The molecule has 0 bridgehead atoms. The van der Waals surface area contributed by atoms with E-state index in [0.29, 0.717) is 0 Å². The van der Waals surface area contributed by atoms with Crippen LogP contribution in [0.2, 0.25) is 0 Å². The summed E-state index contributed by atoms with van der Waals surface area (Å²) in [7, 11) is 0. The highest BCUT2D eigenvalue weighted by atomic mass is 16.3. The lowest BCUT2D eigenvalue weighted by Gasteiger charge is -2.17. The largest absolute Gasteiger partial charge is 0.504 e. The molecule has 1 amide bonds. The van der Waals surface area contributed by atoms with Crippen LogP contribution in [0.5, 0.6) is 11.5 Å². The van der Waals surface area contributed by atoms with Crippen molar-refractivity contribution in [1.29, 1.82) is 0 Å². The van der Waals surface area contributed by atoms with Gasteiger partial charge in [-0.15, -0.1) is 0 Å². The highest BCUT2D eigenvalue weighted by Gasteiger charge is 2.20. The fraction of sp³-hybridized carbons (Fsp3) is 0.533. The zero-order chi connectivity index (χ0) is 13.8. The predicted molar refractivity (Wildman–Crippen MR) is 73.3 cm³/mol. The van der Waals surface area contributed by atoms with Gasteiger partial charge in [0.05, 0.1) is 5.56 Å². The minimum absolute atomic E-state index is 0.136. The SMILES string of the molecule is CC1CCCC(NC(=O)c2cccc(O)c2O)CC1. The first-order valence-corrected chi connectivity index (χ1v) is 6.89. The number of benzene rings is 1. The van der Waals surface area contributed by atoms with Crippen molar-refractivity contribution in [3.8, 4) is 11.5 Å². The van der Waals surface area contributed by atoms with Gasteiger partial charge in [0.1, 0.15) is 0 Å². The van der Waals surface area contributed by atoms with Crippen LogP contribution in [0.3, 0.4) is 0 Å². The van der Waals surface area contributed by atoms with Crippen molar-refractivity contribution in [1.82, 2.24) is 5.32 Å². The van der Waals surface area contributed by atoms with Gasteiger partial charge in [-0.25, -0.2) is 0 Å². The molecule has 0 aromatic heterocycles. The Kier molecular flexibility index (Phi) is 4.30. The van der Waals surface area contributed by atoms with Crippen molar-refractivity contribution in [3.63, 3.8) is 0 Å². The van der Waals surface area contributed by atoms with Gasteiger partial charge in [0.2, 0.25) is 0 Å². The highest BCUT2D eigenvalue weighted by Crippen LogP contribution is 2.29. The molecule has 0 heterocycles. The van der Waals surface area contributed by atoms with Crippen molar-refractivity contribution < 1.29 is 15.0 Å². The minimum atomic E-state index is -0.345. The summed E-state index contributed by atoms with van der Waals surface area (Å²) in [6.07, 6.45) is 5.42. The number of nitrogens with one attached hydrogen (secondary N) is 1. The average Bonchev–Trinajstić information content (AvgIpc) is 2.58. The van der Waals surface area contributed by atoms with Crippen LogP contribution < -0.4 is 5.32 Å². The van der Waals surface area contributed by atoms with Crippen molar-refractivity contribution in [2.45, 2.75) is 45.1 Å². The summed E-state index contributed by atoms with van der Waals surface area (Å²) >= 11 is 0. The molecule has 1 fully saturated rings. The van der Waals surface area contributed by atoms with Gasteiger partial charge in [0.25, 0.3) is 5.91 Å². The Balaban J connectivity index is 2.02.